The molecule has 4 heteroatoms. The van der Waals surface area contributed by atoms with Crippen LogP contribution in [0.4, 0.5) is 0 Å². The number of ether oxygens (including phenoxy) is 2. The normalized spacial score (nSPS) is 21.6. The van der Waals surface area contributed by atoms with Crippen molar-refractivity contribution in [2.45, 2.75) is 51.7 Å². The van der Waals surface area contributed by atoms with Crippen molar-refractivity contribution >= 4 is 5.71 Å². The molecular weight excluding hydrogens is 216 g/mol. The number of rotatable bonds is 7. The molecule has 1 unspecified atom stereocenters. The van der Waals surface area contributed by atoms with Crippen LogP contribution >= 0.6 is 0 Å². The number of hydrogen-bond donors (Lipinski definition) is 0. The maximum Gasteiger partial charge on any atom is 0.157 e. The first kappa shape index (κ1) is 14.5. The summed E-state index contributed by atoms with van der Waals surface area (Å²) >= 11 is 0. The Morgan fingerprint density at radius 1 is 1.35 bits per heavy atom. The van der Waals surface area contributed by atoms with Gasteiger partial charge in [-0.3, -0.25) is 0 Å². The van der Waals surface area contributed by atoms with Gasteiger partial charge in [0.15, 0.2) is 6.29 Å². The highest BCUT2D eigenvalue weighted by Gasteiger charge is 2.13. The fourth-order valence-electron chi connectivity index (χ4n) is 1.93. The average molecular weight is 242 g/mol. The molecule has 0 aromatic carbocycles. The van der Waals surface area contributed by atoms with Crippen molar-refractivity contribution in [1.82, 2.24) is 5.01 Å². The van der Waals surface area contributed by atoms with Crippen molar-refractivity contribution in [2.75, 3.05) is 27.3 Å². The van der Waals surface area contributed by atoms with E-state index >= 15 is 0 Å². The van der Waals surface area contributed by atoms with Gasteiger partial charge in [0, 0.05) is 33.0 Å². The van der Waals surface area contributed by atoms with Gasteiger partial charge in [-0.15, -0.1) is 0 Å². The second-order valence-corrected chi connectivity index (χ2v) is 4.81. The molecule has 17 heavy (non-hydrogen) atoms. The van der Waals surface area contributed by atoms with Crippen molar-refractivity contribution < 1.29 is 9.47 Å². The van der Waals surface area contributed by atoms with Crippen LogP contribution < -0.4 is 0 Å². The molecule has 0 spiro atoms. The minimum absolute atomic E-state index is 0.0558. The lowest BCUT2D eigenvalue weighted by molar-refractivity contribution is -0.162. The molecule has 0 aromatic rings. The van der Waals surface area contributed by atoms with Gasteiger partial charge in [-0.2, -0.15) is 5.10 Å². The topological polar surface area (TPSA) is 34.1 Å². The fraction of sp³-hybridized carbons (Fsp3) is 0.923. The van der Waals surface area contributed by atoms with Crippen LogP contribution in [0.2, 0.25) is 0 Å². The Balaban J connectivity index is 1.96. The number of unbranched alkanes of at least 4 members (excludes halogenated alkanes) is 1. The molecule has 0 amide bonds. The molecule has 4 nitrogen and oxygen atoms in total. The summed E-state index contributed by atoms with van der Waals surface area (Å²) < 4.78 is 11.2. The van der Waals surface area contributed by atoms with Crippen LogP contribution in [0.1, 0.15) is 45.4 Å². The van der Waals surface area contributed by atoms with E-state index in [-0.39, 0.29) is 6.29 Å². The monoisotopic (exact) mass is 242 g/mol. The van der Waals surface area contributed by atoms with Gasteiger partial charge < -0.3 is 14.5 Å². The Morgan fingerprint density at radius 2 is 2.18 bits per heavy atom. The Labute approximate surface area is 105 Å². The quantitative estimate of drug-likeness (QED) is 0.391. The first-order valence-electron chi connectivity index (χ1n) is 6.63. The molecule has 1 rings (SSSR count). The van der Waals surface area contributed by atoms with Gasteiger partial charge in [0.05, 0.1) is 0 Å². The van der Waals surface area contributed by atoms with Crippen LogP contribution in [0.25, 0.3) is 0 Å². The maximum absolute atomic E-state index is 5.67. The Morgan fingerprint density at radius 3 is 2.82 bits per heavy atom. The van der Waals surface area contributed by atoms with Crippen LogP contribution in [0, 0.1) is 0 Å². The van der Waals surface area contributed by atoms with E-state index in [4.69, 9.17) is 9.47 Å². The van der Waals surface area contributed by atoms with Gasteiger partial charge in [0.25, 0.3) is 0 Å². The van der Waals surface area contributed by atoms with Crippen LogP contribution in [0.15, 0.2) is 5.10 Å². The highest BCUT2D eigenvalue weighted by atomic mass is 16.7. The lowest BCUT2D eigenvalue weighted by Gasteiger charge is -2.22. The molecule has 1 fully saturated rings. The Hall–Kier alpha value is -0.610. The van der Waals surface area contributed by atoms with Crippen molar-refractivity contribution in [1.29, 1.82) is 0 Å². The predicted octanol–water partition coefficient (Wildman–Crippen LogP) is 2.64. The lowest BCUT2D eigenvalue weighted by Crippen LogP contribution is -2.22. The van der Waals surface area contributed by atoms with E-state index in [0.717, 1.165) is 38.9 Å². The second-order valence-electron chi connectivity index (χ2n) is 4.81. The predicted molar refractivity (Wildman–Crippen MR) is 70.2 cm³/mol. The van der Waals surface area contributed by atoms with Gasteiger partial charge in [0.1, 0.15) is 0 Å². The molecule has 0 aliphatic carbocycles. The zero-order valence-electron chi connectivity index (χ0n) is 11.4. The van der Waals surface area contributed by atoms with E-state index in [1.807, 2.05) is 19.1 Å². The largest absolute Gasteiger partial charge is 0.353 e. The third-order valence-corrected chi connectivity index (χ3v) is 2.75. The standard InChI is InChI=1S/C13H26N2O2/c1-12(14-15(2)3)8-4-6-10-16-13-9-5-7-11-17-13/h13H,4-11H2,1-3H3/b14-12-. The van der Waals surface area contributed by atoms with Crippen molar-refractivity contribution in [3.05, 3.63) is 0 Å². The summed E-state index contributed by atoms with van der Waals surface area (Å²) in [6.07, 6.45) is 6.80. The number of hydrazone groups is 1. The summed E-state index contributed by atoms with van der Waals surface area (Å²) in [5, 5.41) is 6.20. The maximum atomic E-state index is 5.67. The molecule has 1 atom stereocenters. The molecule has 0 aromatic heterocycles. The molecule has 1 saturated heterocycles. The molecule has 1 aliphatic heterocycles. The molecule has 0 saturated carbocycles. The van der Waals surface area contributed by atoms with E-state index in [0.29, 0.717) is 0 Å². The smallest absolute Gasteiger partial charge is 0.157 e. The third-order valence-electron chi connectivity index (χ3n) is 2.75. The summed E-state index contributed by atoms with van der Waals surface area (Å²) in [4.78, 5) is 0. The zero-order valence-corrected chi connectivity index (χ0v) is 11.4. The summed E-state index contributed by atoms with van der Waals surface area (Å²) in [6, 6.07) is 0. The number of hydrogen-bond acceptors (Lipinski definition) is 4. The highest BCUT2D eigenvalue weighted by Crippen LogP contribution is 2.14. The second kappa shape index (κ2) is 8.48. The Kier molecular flexibility index (Phi) is 7.21. The van der Waals surface area contributed by atoms with Crippen LogP contribution in [0.5, 0.6) is 0 Å². The van der Waals surface area contributed by atoms with E-state index in [1.54, 1.807) is 0 Å². The molecule has 1 aliphatic rings. The first-order chi connectivity index (χ1) is 8.18. The van der Waals surface area contributed by atoms with Crippen LogP contribution in [-0.2, 0) is 9.47 Å². The van der Waals surface area contributed by atoms with E-state index in [1.165, 1.54) is 18.6 Å². The minimum Gasteiger partial charge on any atom is -0.353 e. The van der Waals surface area contributed by atoms with E-state index in [9.17, 15) is 0 Å². The van der Waals surface area contributed by atoms with Crippen LogP contribution in [0.3, 0.4) is 0 Å². The summed E-state index contributed by atoms with van der Waals surface area (Å²) in [7, 11) is 3.90. The molecule has 100 valence electrons. The van der Waals surface area contributed by atoms with Gasteiger partial charge in [-0.05, 0) is 45.4 Å². The van der Waals surface area contributed by atoms with Gasteiger partial charge in [0.2, 0.25) is 0 Å². The SMILES string of the molecule is C/C(CCCCOC1CCCCO1)=N/N(C)C. The van der Waals surface area contributed by atoms with Crippen molar-refractivity contribution in [3.8, 4) is 0 Å². The van der Waals surface area contributed by atoms with Crippen LogP contribution in [-0.4, -0.2) is 44.3 Å². The minimum atomic E-state index is 0.0558. The first-order valence-corrected chi connectivity index (χ1v) is 6.63. The third kappa shape index (κ3) is 7.34. The average Bonchev–Trinajstić information content (AvgIpc) is 2.29. The summed E-state index contributed by atoms with van der Waals surface area (Å²) in [6.45, 7) is 3.74. The summed E-state index contributed by atoms with van der Waals surface area (Å²) in [5.41, 5.74) is 1.18. The van der Waals surface area contributed by atoms with Gasteiger partial charge in [-0.1, -0.05) is 0 Å². The fourth-order valence-corrected chi connectivity index (χ4v) is 1.93. The summed E-state index contributed by atoms with van der Waals surface area (Å²) in [5.74, 6) is 0. The molecule has 0 radical (unpaired) electrons. The zero-order chi connectivity index (χ0) is 12.5. The number of nitrogens with zero attached hydrogens (tertiary/aromatic N) is 2. The van der Waals surface area contributed by atoms with Gasteiger partial charge >= 0.3 is 0 Å². The van der Waals surface area contributed by atoms with Gasteiger partial charge in [-0.25, -0.2) is 0 Å². The molecular formula is C13H26N2O2. The van der Waals surface area contributed by atoms with E-state index < -0.39 is 0 Å². The lowest BCUT2D eigenvalue weighted by atomic mass is 10.2. The molecule has 0 bridgehead atoms. The Bertz CT molecular complexity index is 223. The van der Waals surface area contributed by atoms with Crippen molar-refractivity contribution in [2.24, 2.45) is 5.10 Å². The molecule has 0 N–H and O–H groups in total. The van der Waals surface area contributed by atoms with E-state index in [2.05, 4.69) is 12.0 Å². The highest BCUT2D eigenvalue weighted by molar-refractivity contribution is 5.81. The van der Waals surface area contributed by atoms with Crippen molar-refractivity contribution in [3.63, 3.8) is 0 Å². The molecule has 1 heterocycles.